The van der Waals surface area contributed by atoms with E-state index < -0.39 is 23.7 Å². The number of hydrogen-bond acceptors (Lipinski definition) is 4. The molecule has 1 rings (SSSR count). The zero-order chi connectivity index (χ0) is 16.0. The summed E-state index contributed by atoms with van der Waals surface area (Å²) < 4.78 is 5.13. The van der Waals surface area contributed by atoms with Crippen LogP contribution in [0.25, 0.3) is 0 Å². The number of aliphatic carboxylic acids is 1. The number of carboxylic acid groups (broad SMARTS) is 1. The molecule has 0 radical (unpaired) electrons. The quantitative estimate of drug-likeness (QED) is 0.658. The highest BCUT2D eigenvalue weighted by Crippen LogP contribution is 2.17. The molecule has 0 unspecified atom stereocenters. The van der Waals surface area contributed by atoms with E-state index in [1.807, 2.05) is 0 Å². The minimum Gasteiger partial charge on any atom is -0.478 e. The third-order valence-electron chi connectivity index (χ3n) is 2.87. The van der Waals surface area contributed by atoms with Gasteiger partial charge in [-0.05, 0) is 33.6 Å². The maximum atomic E-state index is 11.8. The fourth-order valence-electron chi connectivity index (χ4n) is 2.02. The highest BCUT2D eigenvalue weighted by Gasteiger charge is 2.28. The Kier molecular flexibility index (Phi) is 5.75. The van der Waals surface area contributed by atoms with Crippen LogP contribution in [0, 0.1) is 5.92 Å². The second-order valence-electron chi connectivity index (χ2n) is 5.96. The van der Waals surface area contributed by atoms with Crippen molar-refractivity contribution in [3.63, 3.8) is 0 Å². The largest absolute Gasteiger partial charge is 0.478 e. The van der Waals surface area contributed by atoms with Gasteiger partial charge in [0.05, 0.1) is 6.04 Å². The van der Waals surface area contributed by atoms with Gasteiger partial charge in [0.15, 0.2) is 0 Å². The van der Waals surface area contributed by atoms with Gasteiger partial charge >= 0.3 is 12.1 Å². The van der Waals surface area contributed by atoms with Crippen molar-refractivity contribution in [2.45, 2.75) is 45.3 Å². The number of alkyl carbamates (subject to hydrolysis) is 1. The summed E-state index contributed by atoms with van der Waals surface area (Å²) in [4.78, 5) is 33.9. The van der Waals surface area contributed by atoms with Crippen molar-refractivity contribution < 1.29 is 24.2 Å². The normalized spacial score (nSPS) is 20.1. The van der Waals surface area contributed by atoms with Crippen LogP contribution in [0.2, 0.25) is 0 Å². The molecule has 0 aliphatic carbocycles. The molecule has 1 aliphatic rings. The van der Waals surface area contributed by atoms with Gasteiger partial charge in [0.25, 0.3) is 0 Å². The summed E-state index contributed by atoms with van der Waals surface area (Å²) in [6.45, 7) is 5.81. The minimum atomic E-state index is -1.11. The van der Waals surface area contributed by atoms with Gasteiger partial charge in [-0.3, -0.25) is 4.79 Å². The molecular formula is C14H22N2O5. The Balaban J connectivity index is 2.65. The van der Waals surface area contributed by atoms with E-state index in [9.17, 15) is 14.4 Å². The summed E-state index contributed by atoms with van der Waals surface area (Å²) in [5, 5.41) is 14.0. The maximum Gasteiger partial charge on any atom is 0.408 e. The summed E-state index contributed by atoms with van der Waals surface area (Å²) in [6.07, 6.45) is 2.69. The number of carbonyl (C=O) groups is 3. The zero-order valence-electron chi connectivity index (χ0n) is 12.5. The van der Waals surface area contributed by atoms with Gasteiger partial charge in [0, 0.05) is 18.5 Å². The van der Waals surface area contributed by atoms with E-state index in [4.69, 9.17) is 9.84 Å². The molecule has 0 aromatic carbocycles. The molecule has 2 amide bonds. The monoisotopic (exact) mass is 298 g/mol. The summed E-state index contributed by atoms with van der Waals surface area (Å²) >= 11 is 0. The van der Waals surface area contributed by atoms with Crippen LogP contribution in [0.5, 0.6) is 0 Å². The molecule has 1 saturated heterocycles. The van der Waals surface area contributed by atoms with Crippen LogP contribution in [0.4, 0.5) is 4.79 Å². The van der Waals surface area contributed by atoms with Crippen LogP contribution in [-0.2, 0) is 14.3 Å². The molecule has 7 nitrogen and oxygen atoms in total. The Morgan fingerprint density at radius 1 is 1.52 bits per heavy atom. The second kappa shape index (κ2) is 7.10. The van der Waals surface area contributed by atoms with E-state index in [1.165, 1.54) is 6.08 Å². The average molecular weight is 298 g/mol. The zero-order valence-corrected chi connectivity index (χ0v) is 12.5. The van der Waals surface area contributed by atoms with E-state index in [0.717, 1.165) is 6.08 Å². The molecule has 21 heavy (non-hydrogen) atoms. The average Bonchev–Trinajstić information content (AvgIpc) is 2.69. The fraction of sp³-hybridized carbons (Fsp3) is 0.643. The molecule has 1 aliphatic heterocycles. The number of hydrogen-bond donors (Lipinski definition) is 3. The first kappa shape index (κ1) is 17.0. The van der Waals surface area contributed by atoms with Gasteiger partial charge in [-0.2, -0.15) is 0 Å². The summed E-state index contributed by atoms with van der Waals surface area (Å²) in [5.74, 6) is -1.42. The topological polar surface area (TPSA) is 105 Å². The molecule has 1 heterocycles. The van der Waals surface area contributed by atoms with Crippen molar-refractivity contribution in [1.82, 2.24) is 10.6 Å². The highest BCUT2D eigenvalue weighted by atomic mass is 16.6. The molecule has 0 aromatic rings. The molecule has 118 valence electrons. The SMILES string of the molecule is CC(C)(C)OC(=O)N[C@H](C=CC(=O)O)C[C@@H]1CCNC1=O. The number of nitrogens with one attached hydrogen (secondary N) is 2. The third-order valence-corrected chi connectivity index (χ3v) is 2.87. The van der Waals surface area contributed by atoms with Crippen molar-refractivity contribution >= 4 is 18.0 Å². The van der Waals surface area contributed by atoms with Crippen molar-refractivity contribution in [2.24, 2.45) is 5.92 Å². The molecule has 1 fully saturated rings. The Morgan fingerprint density at radius 2 is 2.19 bits per heavy atom. The van der Waals surface area contributed by atoms with Crippen molar-refractivity contribution in [2.75, 3.05) is 6.54 Å². The number of carbonyl (C=O) groups excluding carboxylic acids is 2. The number of carboxylic acids is 1. The fourth-order valence-corrected chi connectivity index (χ4v) is 2.02. The highest BCUT2D eigenvalue weighted by molar-refractivity contribution is 5.81. The van der Waals surface area contributed by atoms with Crippen LogP contribution >= 0.6 is 0 Å². The molecule has 3 N–H and O–H groups in total. The van der Waals surface area contributed by atoms with Gasteiger partial charge in [-0.1, -0.05) is 6.08 Å². The Bertz CT molecular complexity index is 439. The van der Waals surface area contributed by atoms with Crippen LogP contribution in [0.3, 0.4) is 0 Å². The van der Waals surface area contributed by atoms with Crippen molar-refractivity contribution in [3.8, 4) is 0 Å². The molecule has 7 heteroatoms. The van der Waals surface area contributed by atoms with Gasteiger partial charge in [0.1, 0.15) is 5.60 Å². The van der Waals surface area contributed by atoms with Crippen LogP contribution < -0.4 is 10.6 Å². The van der Waals surface area contributed by atoms with E-state index in [-0.39, 0.29) is 11.8 Å². The summed E-state index contributed by atoms with van der Waals surface area (Å²) in [5.41, 5.74) is -0.643. The lowest BCUT2D eigenvalue weighted by Crippen LogP contribution is -2.40. The van der Waals surface area contributed by atoms with Crippen LogP contribution in [-0.4, -0.2) is 41.3 Å². The smallest absolute Gasteiger partial charge is 0.408 e. The van der Waals surface area contributed by atoms with Gasteiger partial charge in [-0.25, -0.2) is 9.59 Å². The predicted octanol–water partition coefficient (Wildman–Crippen LogP) is 1.05. The first-order chi connectivity index (χ1) is 9.67. The molecule has 0 saturated carbocycles. The lowest BCUT2D eigenvalue weighted by atomic mass is 9.98. The van der Waals surface area contributed by atoms with Gasteiger partial charge < -0.3 is 20.5 Å². The minimum absolute atomic E-state index is 0.0743. The summed E-state index contributed by atoms with van der Waals surface area (Å²) in [7, 11) is 0. The molecule has 0 bridgehead atoms. The second-order valence-corrected chi connectivity index (χ2v) is 5.96. The van der Waals surface area contributed by atoms with Crippen molar-refractivity contribution in [1.29, 1.82) is 0 Å². The Labute approximate surface area is 123 Å². The Morgan fingerprint density at radius 3 is 2.67 bits per heavy atom. The number of amides is 2. The first-order valence-corrected chi connectivity index (χ1v) is 6.86. The first-order valence-electron chi connectivity index (χ1n) is 6.86. The standard InChI is InChI=1S/C14H22N2O5/c1-14(2,3)21-13(20)16-10(4-5-11(17)18)8-9-6-7-15-12(9)19/h4-5,9-10H,6-8H2,1-3H3,(H,15,19)(H,16,20)(H,17,18)/t9-,10+/m0/s1. The lowest BCUT2D eigenvalue weighted by Gasteiger charge is -2.23. The van der Waals surface area contributed by atoms with E-state index >= 15 is 0 Å². The maximum absolute atomic E-state index is 11.8. The van der Waals surface area contributed by atoms with E-state index in [2.05, 4.69) is 10.6 Å². The number of rotatable bonds is 5. The van der Waals surface area contributed by atoms with Crippen LogP contribution in [0.15, 0.2) is 12.2 Å². The summed E-state index contributed by atoms with van der Waals surface area (Å²) in [6, 6.07) is -0.565. The molecule has 0 aromatic heterocycles. The molecule has 0 spiro atoms. The lowest BCUT2D eigenvalue weighted by molar-refractivity contribution is -0.131. The Hall–Kier alpha value is -2.05. The van der Waals surface area contributed by atoms with Gasteiger partial charge in [0.2, 0.25) is 5.91 Å². The van der Waals surface area contributed by atoms with Gasteiger partial charge in [-0.15, -0.1) is 0 Å². The van der Waals surface area contributed by atoms with E-state index in [1.54, 1.807) is 20.8 Å². The van der Waals surface area contributed by atoms with Crippen molar-refractivity contribution in [3.05, 3.63) is 12.2 Å². The molecule has 2 atom stereocenters. The number of ether oxygens (including phenoxy) is 1. The molecular weight excluding hydrogens is 276 g/mol. The van der Waals surface area contributed by atoms with Crippen LogP contribution in [0.1, 0.15) is 33.6 Å². The van der Waals surface area contributed by atoms with E-state index in [0.29, 0.717) is 19.4 Å². The predicted molar refractivity (Wildman–Crippen MR) is 75.7 cm³/mol. The third kappa shape index (κ3) is 6.78.